The van der Waals surface area contributed by atoms with Crippen molar-refractivity contribution in [3.05, 3.63) is 152 Å². The van der Waals surface area contributed by atoms with Gasteiger partial charge in [0.05, 0.1) is 17.6 Å². The Morgan fingerprint density at radius 1 is 0.744 bits per heavy atom. The summed E-state index contributed by atoms with van der Waals surface area (Å²) in [6.45, 7) is 17.8. The lowest BCUT2D eigenvalue weighted by atomic mass is 10.1. The molecule has 5 aromatic rings. The number of aromatic hydroxyl groups is 1. The third-order valence-electron chi connectivity index (χ3n) is 6.42. The molecule has 0 aliphatic heterocycles. The first-order valence-electron chi connectivity index (χ1n) is 14.8. The number of allylic oxidation sites excluding steroid dienone is 4. The highest BCUT2D eigenvalue weighted by atomic mass is 16.3. The summed E-state index contributed by atoms with van der Waals surface area (Å²) in [6, 6.07) is 31.8. The van der Waals surface area contributed by atoms with Crippen LogP contribution in [0.2, 0.25) is 0 Å². The van der Waals surface area contributed by atoms with Gasteiger partial charge >= 0.3 is 0 Å². The number of furan rings is 1. The molecule has 0 fully saturated rings. The van der Waals surface area contributed by atoms with Crippen molar-refractivity contribution in [2.75, 3.05) is 9.80 Å². The number of para-hydroxylation sites is 2. The van der Waals surface area contributed by atoms with Crippen LogP contribution in [0.5, 0.6) is 5.75 Å². The van der Waals surface area contributed by atoms with Gasteiger partial charge in [-0.15, -0.1) is 0 Å². The molecule has 0 bridgehead atoms. The topological polar surface area (TPSA) is 39.9 Å². The molecule has 0 unspecified atom stereocenters. The number of anilines is 5. The van der Waals surface area contributed by atoms with E-state index in [1.165, 1.54) is 0 Å². The van der Waals surface area contributed by atoms with Gasteiger partial charge in [-0.1, -0.05) is 95.5 Å². The fourth-order valence-electron chi connectivity index (χ4n) is 4.72. The van der Waals surface area contributed by atoms with E-state index in [-0.39, 0.29) is 5.75 Å². The van der Waals surface area contributed by atoms with Gasteiger partial charge in [0.15, 0.2) is 0 Å². The number of phenolic OH excluding ortho intramolecular Hbond substituents is 1. The predicted octanol–water partition coefficient (Wildman–Crippen LogP) is 12.1. The zero-order valence-corrected chi connectivity index (χ0v) is 25.9. The highest BCUT2D eigenvalue weighted by molar-refractivity contribution is 5.94. The summed E-state index contributed by atoms with van der Waals surface area (Å²) < 4.78 is 5.89. The highest BCUT2D eigenvalue weighted by Crippen LogP contribution is 2.46. The van der Waals surface area contributed by atoms with Crippen molar-refractivity contribution in [1.82, 2.24) is 0 Å². The smallest absolute Gasteiger partial charge is 0.136 e. The first-order chi connectivity index (χ1) is 21.1. The van der Waals surface area contributed by atoms with Gasteiger partial charge in [0.25, 0.3) is 0 Å². The minimum absolute atomic E-state index is 0.163. The summed E-state index contributed by atoms with van der Waals surface area (Å²) in [5, 5.41) is 11.8. The lowest BCUT2D eigenvalue weighted by Crippen LogP contribution is -2.19. The Morgan fingerprint density at radius 2 is 1.40 bits per heavy atom. The second-order valence-corrected chi connectivity index (χ2v) is 8.92. The summed E-state index contributed by atoms with van der Waals surface area (Å²) in [6.07, 6.45) is 11.3. The molecule has 0 saturated carbocycles. The van der Waals surface area contributed by atoms with E-state index in [2.05, 4.69) is 53.3 Å². The molecule has 5 rings (SSSR count). The fourth-order valence-corrected chi connectivity index (χ4v) is 4.72. The van der Waals surface area contributed by atoms with Gasteiger partial charge in [0, 0.05) is 45.8 Å². The van der Waals surface area contributed by atoms with Crippen molar-refractivity contribution in [1.29, 1.82) is 0 Å². The van der Waals surface area contributed by atoms with Crippen molar-refractivity contribution in [2.24, 2.45) is 0 Å². The van der Waals surface area contributed by atoms with E-state index in [1.54, 1.807) is 30.5 Å². The van der Waals surface area contributed by atoms with Crippen molar-refractivity contribution < 1.29 is 9.52 Å². The van der Waals surface area contributed by atoms with E-state index in [9.17, 15) is 5.11 Å². The van der Waals surface area contributed by atoms with Crippen LogP contribution in [0.4, 0.5) is 28.4 Å². The van der Waals surface area contributed by atoms with Crippen LogP contribution in [0.3, 0.4) is 0 Å². The number of fused-ring (bicyclic) bond motifs is 1. The van der Waals surface area contributed by atoms with Crippen LogP contribution in [-0.4, -0.2) is 5.11 Å². The van der Waals surface area contributed by atoms with Crippen molar-refractivity contribution >= 4 is 45.5 Å². The molecule has 4 nitrogen and oxygen atoms in total. The molecule has 4 heteroatoms. The number of hydrogen-bond acceptors (Lipinski definition) is 4. The van der Waals surface area contributed by atoms with Gasteiger partial charge in [-0.3, -0.25) is 0 Å². The Kier molecular flexibility index (Phi) is 12.2. The van der Waals surface area contributed by atoms with Crippen LogP contribution in [0.25, 0.3) is 17.0 Å². The van der Waals surface area contributed by atoms with Crippen LogP contribution in [-0.2, 0) is 0 Å². The van der Waals surface area contributed by atoms with Gasteiger partial charge < -0.3 is 19.3 Å². The average molecular weight is 571 g/mol. The fraction of sp³-hybridized carbons (Fsp3) is 0.128. The Morgan fingerprint density at radius 3 is 2.00 bits per heavy atom. The monoisotopic (exact) mass is 570 g/mol. The molecule has 43 heavy (non-hydrogen) atoms. The molecule has 0 radical (unpaired) electrons. The summed E-state index contributed by atoms with van der Waals surface area (Å²) in [4.78, 5) is 4.29. The van der Waals surface area contributed by atoms with E-state index in [0.29, 0.717) is 0 Å². The van der Waals surface area contributed by atoms with E-state index >= 15 is 0 Å². The van der Waals surface area contributed by atoms with Crippen LogP contribution < -0.4 is 9.80 Å². The van der Waals surface area contributed by atoms with E-state index in [4.69, 9.17) is 4.42 Å². The van der Waals surface area contributed by atoms with Gasteiger partial charge in [-0.25, -0.2) is 0 Å². The van der Waals surface area contributed by atoms with E-state index in [1.807, 2.05) is 107 Å². The maximum atomic E-state index is 10.8. The van der Waals surface area contributed by atoms with Gasteiger partial charge in [0.2, 0.25) is 0 Å². The average Bonchev–Trinajstić information content (AvgIpc) is 3.48. The molecular weight excluding hydrogens is 528 g/mol. The van der Waals surface area contributed by atoms with Crippen molar-refractivity contribution in [2.45, 2.75) is 34.6 Å². The molecule has 220 valence electrons. The molecule has 0 aliphatic carbocycles. The van der Waals surface area contributed by atoms with E-state index in [0.717, 1.165) is 50.7 Å². The number of hydrogen-bond donors (Lipinski definition) is 1. The molecule has 0 atom stereocenters. The number of benzene rings is 4. The third kappa shape index (κ3) is 7.35. The molecule has 0 amide bonds. The Balaban J connectivity index is 0.00000121. The second kappa shape index (κ2) is 16.3. The summed E-state index contributed by atoms with van der Waals surface area (Å²) in [5.41, 5.74) is 7.09. The number of phenols is 1. The zero-order chi connectivity index (χ0) is 31.2. The first kappa shape index (κ1) is 32.3. The molecule has 1 N–H and O–H groups in total. The maximum Gasteiger partial charge on any atom is 0.136 e. The van der Waals surface area contributed by atoms with Crippen LogP contribution in [0, 0.1) is 0 Å². The molecule has 1 aromatic heterocycles. The minimum Gasteiger partial charge on any atom is -0.508 e. The molecular formula is C39H42N2O2. The van der Waals surface area contributed by atoms with Gasteiger partial charge in [-0.05, 0) is 67.6 Å². The molecule has 0 saturated heterocycles. The Labute approximate surface area is 256 Å². The second-order valence-electron chi connectivity index (χ2n) is 8.92. The van der Waals surface area contributed by atoms with Gasteiger partial charge in [-0.2, -0.15) is 0 Å². The predicted molar refractivity (Wildman–Crippen MR) is 187 cm³/mol. The van der Waals surface area contributed by atoms with Gasteiger partial charge in [0.1, 0.15) is 11.3 Å². The third-order valence-corrected chi connectivity index (χ3v) is 6.42. The maximum absolute atomic E-state index is 10.8. The molecule has 0 spiro atoms. The van der Waals surface area contributed by atoms with Crippen LogP contribution in [0.1, 0.15) is 40.2 Å². The van der Waals surface area contributed by atoms with Crippen LogP contribution in [0.15, 0.2) is 151 Å². The summed E-state index contributed by atoms with van der Waals surface area (Å²) in [5.74, 6) is 0.163. The quantitative estimate of drug-likeness (QED) is 0.179. The normalized spacial score (nSPS) is 10.8. The van der Waals surface area contributed by atoms with Crippen molar-refractivity contribution in [3.8, 4) is 5.75 Å². The largest absolute Gasteiger partial charge is 0.508 e. The standard InChI is InChI=1S/C35H30N2O2.2C2H6/c1-4-13-27(14-5-2)36(28-15-9-7-10-16-28)33-22-20-31(38)24-34(33)37(29-17-11-8-12-18-29)30-19-21-32-26(6-3)25-39-35(32)23-30;2*1-2/h4-25,38H,1,3H2,2H3;2*1-2H3/b14-5-,27-13+;;. The summed E-state index contributed by atoms with van der Waals surface area (Å²) >= 11 is 0. The molecule has 0 aliphatic rings. The summed E-state index contributed by atoms with van der Waals surface area (Å²) in [7, 11) is 0. The van der Waals surface area contributed by atoms with Crippen molar-refractivity contribution in [3.63, 3.8) is 0 Å². The lowest BCUT2D eigenvalue weighted by Gasteiger charge is -2.33. The molecule has 4 aromatic carbocycles. The van der Waals surface area contributed by atoms with Crippen LogP contribution >= 0.6 is 0 Å². The molecule has 1 heterocycles. The Hall–Kier alpha value is -5.22. The lowest BCUT2D eigenvalue weighted by molar-refractivity contribution is 0.475. The number of nitrogens with zero attached hydrogens (tertiary/aromatic N) is 2. The SMILES string of the molecule is C=C/C=C(\C=C/C)N(c1ccccc1)c1ccc(O)cc1N(c1ccccc1)c1ccc2c(C=C)coc2c1.CC.CC. The highest BCUT2D eigenvalue weighted by Gasteiger charge is 2.23. The first-order valence-corrected chi connectivity index (χ1v) is 14.8. The minimum atomic E-state index is 0.163. The Bertz CT molecular complexity index is 1660. The number of rotatable bonds is 9. The van der Waals surface area contributed by atoms with E-state index < -0.39 is 0 Å². The zero-order valence-electron chi connectivity index (χ0n) is 25.9.